The minimum atomic E-state index is 0.540. The first-order valence-electron chi connectivity index (χ1n) is 4.37. The van der Waals surface area contributed by atoms with Crippen LogP contribution >= 0.6 is 0 Å². The summed E-state index contributed by atoms with van der Waals surface area (Å²) in [5.74, 6) is 0. The van der Waals surface area contributed by atoms with Crippen molar-refractivity contribution in [3.8, 4) is 11.3 Å². The third kappa shape index (κ3) is 1.78. The van der Waals surface area contributed by atoms with Crippen LogP contribution in [0.3, 0.4) is 0 Å². The molecule has 1 radical (unpaired) electrons. The Morgan fingerprint density at radius 2 is 2.29 bits per heavy atom. The summed E-state index contributed by atoms with van der Waals surface area (Å²) in [6, 6.07) is 7.95. The van der Waals surface area contributed by atoms with E-state index in [0.29, 0.717) is 6.54 Å². The Hall–Kier alpha value is -1.74. The monoisotopic (exact) mass is 184 g/mol. The molecular weight excluding hydrogens is 174 g/mol. The molecule has 14 heavy (non-hydrogen) atoms. The molecule has 0 aliphatic heterocycles. The van der Waals surface area contributed by atoms with Crippen molar-refractivity contribution in [1.29, 1.82) is 0 Å². The lowest BCUT2D eigenvalue weighted by Crippen LogP contribution is -1.96. The highest BCUT2D eigenvalue weighted by Gasteiger charge is 1.98. The summed E-state index contributed by atoms with van der Waals surface area (Å²) in [6.07, 6.45) is 5.96. The van der Waals surface area contributed by atoms with Crippen molar-refractivity contribution < 1.29 is 0 Å². The van der Waals surface area contributed by atoms with Gasteiger partial charge in [0.2, 0.25) is 0 Å². The fourth-order valence-corrected chi connectivity index (χ4v) is 1.27. The van der Waals surface area contributed by atoms with E-state index in [9.17, 15) is 0 Å². The van der Waals surface area contributed by atoms with Crippen molar-refractivity contribution in [2.24, 2.45) is 5.73 Å². The second-order valence-corrected chi connectivity index (χ2v) is 2.94. The molecule has 0 amide bonds. The van der Waals surface area contributed by atoms with Crippen molar-refractivity contribution in [1.82, 2.24) is 9.97 Å². The fraction of sp³-hybridized carbons (Fsp3) is 0.0909. The van der Waals surface area contributed by atoms with Crippen molar-refractivity contribution in [3.05, 3.63) is 48.4 Å². The Bertz CT molecular complexity index is 412. The third-order valence-electron chi connectivity index (χ3n) is 1.97. The molecule has 0 aliphatic carbocycles. The normalized spacial score (nSPS) is 10.1. The first kappa shape index (κ1) is 8.84. The fourth-order valence-electron chi connectivity index (χ4n) is 1.27. The first-order chi connectivity index (χ1) is 6.90. The predicted octanol–water partition coefficient (Wildman–Crippen LogP) is 1.40. The van der Waals surface area contributed by atoms with E-state index < -0.39 is 0 Å². The van der Waals surface area contributed by atoms with E-state index in [1.165, 1.54) is 6.20 Å². The number of hydrogen-bond donors (Lipinski definition) is 1. The summed E-state index contributed by atoms with van der Waals surface area (Å²) in [5, 5.41) is 0. The molecule has 1 aromatic carbocycles. The van der Waals surface area contributed by atoms with E-state index in [2.05, 4.69) is 16.2 Å². The molecule has 0 fully saturated rings. The smallest absolute Gasteiger partial charge is 0.109 e. The Kier molecular flexibility index (Phi) is 2.51. The van der Waals surface area contributed by atoms with E-state index in [1.54, 1.807) is 6.20 Å². The second-order valence-electron chi connectivity index (χ2n) is 2.94. The number of hydrogen-bond acceptors (Lipinski definition) is 3. The quantitative estimate of drug-likeness (QED) is 0.767. The van der Waals surface area contributed by atoms with Gasteiger partial charge in [0.1, 0.15) is 6.20 Å². The van der Waals surface area contributed by atoms with Gasteiger partial charge in [0.25, 0.3) is 0 Å². The summed E-state index contributed by atoms with van der Waals surface area (Å²) in [4.78, 5) is 8.06. The van der Waals surface area contributed by atoms with Gasteiger partial charge >= 0.3 is 0 Å². The summed E-state index contributed by atoms with van der Waals surface area (Å²) >= 11 is 0. The van der Waals surface area contributed by atoms with Gasteiger partial charge in [-0.05, 0) is 11.6 Å². The van der Waals surface area contributed by atoms with Gasteiger partial charge in [-0.2, -0.15) is 0 Å². The van der Waals surface area contributed by atoms with Gasteiger partial charge in [0, 0.05) is 12.1 Å². The zero-order valence-corrected chi connectivity index (χ0v) is 7.64. The lowest BCUT2D eigenvalue weighted by molar-refractivity contribution is 1.07. The van der Waals surface area contributed by atoms with Crippen LogP contribution in [-0.4, -0.2) is 9.97 Å². The first-order valence-corrected chi connectivity index (χ1v) is 4.37. The van der Waals surface area contributed by atoms with Crippen molar-refractivity contribution >= 4 is 0 Å². The maximum absolute atomic E-state index is 5.55. The summed E-state index contributed by atoms with van der Waals surface area (Å²) < 4.78 is 0. The summed E-state index contributed by atoms with van der Waals surface area (Å²) in [5.41, 5.74) is 8.49. The van der Waals surface area contributed by atoms with E-state index >= 15 is 0 Å². The van der Waals surface area contributed by atoms with Gasteiger partial charge in [-0.25, -0.2) is 4.98 Å². The number of benzene rings is 1. The molecule has 0 unspecified atom stereocenters. The van der Waals surface area contributed by atoms with E-state index in [0.717, 1.165) is 16.8 Å². The molecule has 0 bridgehead atoms. The zero-order chi connectivity index (χ0) is 9.80. The van der Waals surface area contributed by atoms with Crippen LogP contribution in [0.2, 0.25) is 0 Å². The molecule has 1 aromatic heterocycles. The van der Waals surface area contributed by atoms with Gasteiger partial charge < -0.3 is 5.73 Å². The lowest BCUT2D eigenvalue weighted by Gasteiger charge is -2.01. The summed E-state index contributed by atoms with van der Waals surface area (Å²) in [6.45, 7) is 0.540. The molecular formula is C11H10N3. The molecule has 1 heterocycles. The van der Waals surface area contributed by atoms with E-state index in [-0.39, 0.29) is 0 Å². The molecule has 69 valence electrons. The molecule has 0 atom stereocenters. The number of aromatic nitrogens is 2. The minimum absolute atomic E-state index is 0.540. The highest BCUT2D eigenvalue weighted by molar-refractivity contribution is 5.58. The highest BCUT2D eigenvalue weighted by atomic mass is 14.8. The standard InChI is InChI=1S/C11H10N3/c12-7-9-2-1-3-10(6-9)11-8-13-4-5-14-11/h1-4,6,8H,7,12H2. The van der Waals surface area contributed by atoms with Crippen LogP contribution in [0.4, 0.5) is 0 Å². The van der Waals surface area contributed by atoms with Gasteiger partial charge in [0.15, 0.2) is 0 Å². The van der Waals surface area contributed by atoms with Gasteiger partial charge in [-0.3, -0.25) is 4.98 Å². The Morgan fingerprint density at radius 3 is 3.00 bits per heavy atom. The second kappa shape index (κ2) is 3.98. The minimum Gasteiger partial charge on any atom is -0.326 e. The number of rotatable bonds is 2. The lowest BCUT2D eigenvalue weighted by atomic mass is 10.1. The van der Waals surface area contributed by atoms with Crippen LogP contribution in [0.1, 0.15) is 5.56 Å². The molecule has 0 spiro atoms. The summed E-state index contributed by atoms with van der Waals surface area (Å²) in [7, 11) is 0. The molecule has 3 heteroatoms. The van der Waals surface area contributed by atoms with Crippen LogP contribution in [0.5, 0.6) is 0 Å². The Labute approximate surface area is 82.6 Å². The Balaban J connectivity index is 2.42. The van der Waals surface area contributed by atoms with Crippen LogP contribution in [0.15, 0.2) is 36.7 Å². The van der Waals surface area contributed by atoms with Crippen LogP contribution in [-0.2, 0) is 6.54 Å². The topological polar surface area (TPSA) is 51.8 Å². The van der Waals surface area contributed by atoms with Crippen LogP contribution in [0, 0.1) is 6.20 Å². The van der Waals surface area contributed by atoms with E-state index in [4.69, 9.17) is 5.73 Å². The van der Waals surface area contributed by atoms with E-state index in [1.807, 2.05) is 24.3 Å². The molecule has 2 aromatic rings. The largest absolute Gasteiger partial charge is 0.326 e. The zero-order valence-electron chi connectivity index (χ0n) is 7.64. The maximum atomic E-state index is 5.55. The third-order valence-corrected chi connectivity index (χ3v) is 1.97. The maximum Gasteiger partial charge on any atom is 0.109 e. The van der Waals surface area contributed by atoms with Crippen molar-refractivity contribution in [3.63, 3.8) is 0 Å². The molecule has 2 N–H and O–H groups in total. The highest BCUT2D eigenvalue weighted by Crippen LogP contribution is 2.16. The predicted molar refractivity (Wildman–Crippen MR) is 54.2 cm³/mol. The Morgan fingerprint density at radius 1 is 1.36 bits per heavy atom. The van der Waals surface area contributed by atoms with Crippen LogP contribution in [0.25, 0.3) is 11.3 Å². The molecule has 0 saturated heterocycles. The average Bonchev–Trinajstić information content (AvgIpc) is 2.30. The van der Waals surface area contributed by atoms with Gasteiger partial charge in [-0.1, -0.05) is 18.2 Å². The van der Waals surface area contributed by atoms with Gasteiger partial charge in [-0.15, -0.1) is 0 Å². The molecule has 2 rings (SSSR count). The average molecular weight is 184 g/mol. The van der Waals surface area contributed by atoms with Crippen molar-refractivity contribution in [2.75, 3.05) is 0 Å². The van der Waals surface area contributed by atoms with Crippen LogP contribution < -0.4 is 5.73 Å². The number of nitrogens with two attached hydrogens (primary N) is 1. The van der Waals surface area contributed by atoms with Crippen molar-refractivity contribution in [2.45, 2.75) is 6.54 Å². The SMILES string of the molecule is NCc1cccc(-c2cnc[c]n2)c1. The van der Waals surface area contributed by atoms with Gasteiger partial charge in [0.05, 0.1) is 18.1 Å². The molecule has 3 nitrogen and oxygen atoms in total. The molecule has 0 aliphatic rings. The molecule has 0 saturated carbocycles. The number of nitrogens with zero attached hydrogens (tertiary/aromatic N) is 2.